The lowest BCUT2D eigenvalue weighted by molar-refractivity contribution is 0.0508. The van der Waals surface area contributed by atoms with Crippen LogP contribution in [-0.2, 0) is 4.74 Å². The number of piperazine rings is 1. The fourth-order valence-electron chi connectivity index (χ4n) is 2.63. The molecular formula is C16H26N4O2. The largest absolute Gasteiger partial charge is 0.446 e. The molecule has 1 saturated heterocycles. The summed E-state index contributed by atoms with van der Waals surface area (Å²) < 4.78 is 5.45. The number of nitrogen functional groups attached to an aromatic ring is 1. The molecule has 0 saturated carbocycles. The van der Waals surface area contributed by atoms with Crippen LogP contribution in [0.15, 0.2) is 18.3 Å². The van der Waals surface area contributed by atoms with Gasteiger partial charge in [0, 0.05) is 25.2 Å². The minimum Gasteiger partial charge on any atom is -0.446 e. The second-order valence-electron chi connectivity index (χ2n) is 6.05. The van der Waals surface area contributed by atoms with E-state index in [4.69, 9.17) is 10.5 Å². The van der Waals surface area contributed by atoms with Crippen molar-refractivity contribution in [2.24, 2.45) is 0 Å². The Morgan fingerprint density at radius 1 is 1.41 bits per heavy atom. The van der Waals surface area contributed by atoms with Crippen molar-refractivity contribution in [2.75, 3.05) is 23.7 Å². The average Bonchev–Trinajstić information content (AvgIpc) is 2.49. The van der Waals surface area contributed by atoms with Crippen molar-refractivity contribution in [1.29, 1.82) is 0 Å². The summed E-state index contributed by atoms with van der Waals surface area (Å²) in [7, 11) is 0. The third-order valence-corrected chi connectivity index (χ3v) is 4.20. The Labute approximate surface area is 132 Å². The first-order chi connectivity index (χ1) is 10.4. The Bertz CT molecular complexity index is 505. The van der Waals surface area contributed by atoms with Gasteiger partial charge in [0.2, 0.25) is 0 Å². The maximum absolute atomic E-state index is 12.3. The summed E-state index contributed by atoms with van der Waals surface area (Å²) in [6.45, 7) is 9.47. The quantitative estimate of drug-likeness (QED) is 0.929. The summed E-state index contributed by atoms with van der Waals surface area (Å²) in [4.78, 5) is 20.5. The van der Waals surface area contributed by atoms with Crippen molar-refractivity contribution >= 4 is 17.6 Å². The molecule has 1 aromatic heterocycles. The number of amides is 1. The summed E-state index contributed by atoms with van der Waals surface area (Å²) in [6.07, 6.45) is 2.34. The topological polar surface area (TPSA) is 71.7 Å². The molecule has 6 heteroatoms. The maximum Gasteiger partial charge on any atom is 0.410 e. The molecule has 2 heterocycles. The van der Waals surface area contributed by atoms with E-state index in [9.17, 15) is 4.79 Å². The van der Waals surface area contributed by atoms with Gasteiger partial charge < -0.3 is 20.3 Å². The Morgan fingerprint density at radius 2 is 2.14 bits per heavy atom. The van der Waals surface area contributed by atoms with Crippen LogP contribution in [-0.4, -0.2) is 47.3 Å². The van der Waals surface area contributed by atoms with Gasteiger partial charge in [0.25, 0.3) is 0 Å². The number of carbonyl (C=O) groups is 1. The van der Waals surface area contributed by atoms with Crippen molar-refractivity contribution in [3.05, 3.63) is 18.3 Å². The molecule has 2 rings (SSSR count). The molecular weight excluding hydrogens is 280 g/mol. The first kappa shape index (κ1) is 16.4. The molecule has 1 aromatic rings. The molecule has 0 bridgehead atoms. The van der Waals surface area contributed by atoms with E-state index >= 15 is 0 Å². The van der Waals surface area contributed by atoms with E-state index in [0.717, 1.165) is 18.7 Å². The number of ether oxygens (including phenoxy) is 1. The summed E-state index contributed by atoms with van der Waals surface area (Å²) in [5, 5.41) is 0. The first-order valence-electron chi connectivity index (χ1n) is 7.87. The predicted molar refractivity (Wildman–Crippen MR) is 87.9 cm³/mol. The maximum atomic E-state index is 12.3. The number of pyridine rings is 1. The van der Waals surface area contributed by atoms with Gasteiger partial charge in [-0.1, -0.05) is 6.92 Å². The molecule has 0 aliphatic carbocycles. The monoisotopic (exact) mass is 306 g/mol. The van der Waals surface area contributed by atoms with Crippen LogP contribution in [0.2, 0.25) is 0 Å². The van der Waals surface area contributed by atoms with Crippen LogP contribution < -0.4 is 10.6 Å². The average molecular weight is 306 g/mol. The number of anilines is 2. The minimum atomic E-state index is -0.219. The van der Waals surface area contributed by atoms with E-state index in [1.807, 2.05) is 31.7 Å². The van der Waals surface area contributed by atoms with Crippen LogP contribution in [0.3, 0.4) is 0 Å². The minimum absolute atomic E-state index is 0.0469. The van der Waals surface area contributed by atoms with Crippen molar-refractivity contribution in [1.82, 2.24) is 9.88 Å². The van der Waals surface area contributed by atoms with Gasteiger partial charge in [-0.15, -0.1) is 0 Å². The van der Waals surface area contributed by atoms with Crippen LogP contribution in [0.1, 0.15) is 34.1 Å². The number of hydrogen-bond donors (Lipinski definition) is 1. The normalized spacial score (nSPS) is 23.3. The number of hydrogen-bond acceptors (Lipinski definition) is 5. The Hall–Kier alpha value is -1.98. The van der Waals surface area contributed by atoms with Crippen LogP contribution in [0.5, 0.6) is 0 Å². The van der Waals surface area contributed by atoms with Gasteiger partial charge in [0.05, 0.1) is 11.9 Å². The highest BCUT2D eigenvalue weighted by atomic mass is 16.6. The summed E-state index contributed by atoms with van der Waals surface area (Å²) in [5.41, 5.74) is 6.67. The number of nitrogens with two attached hydrogens (primary N) is 1. The van der Waals surface area contributed by atoms with E-state index in [-0.39, 0.29) is 24.3 Å². The van der Waals surface area contributed by atoms with Gasteiger partial charge in [-0.3, -0.25) is 0 Å². The molecule has 1 aliphatic rings. The number of carbonyl (C=O) groups excluding carboxylic acids is 1. The van der Waals surface area contributed by atoms with Gasteiger partial charge in [-0.05, 0) is 39.3 Å². The van der Waals surface area contributed by atoms with Crippen LogP contribution in [0, 0.1) is 0 Å². The standard InChI is InChI=1S/C16H26N4O2/c1-5-13(4)22-16(21)20-10-11(2)19(9-12(20)3)14-6-7-15(17)18-8-14/h6-8,11-13H,5,9-10H2,1-4H3,(H2,17,18)/t11-,12+,13?/m0/s1. The first-order valence-corrected chi connectivity index (χ1v) is 7.87. The van der Waals surface area contributed by atoms with Crippen molar-refractivity contribution in [3.63, 3.8) is 0 Å². The fraction of sp³-hybridized carbons (Fsp3) is 0.625. The van der Waals surface area contributed by atoms with E-state index in [1.54, 1.807) is 12.3 Å². The molecule has 0 aromatic carbocycles. The zero-order valence-corrected chi connectivity index (χ0v) is 13.8. The Balaban J connectivity index is 2.05. The van der Waals surface area contributed by atoms with Crippen molar-refractivity contribution < 1.29 is 9.53 Å². The summed E-state index contributed by atoms with van der Waals surface area (Å²) in [5.74, 6) is 0.514. The van der Waals surface area contributed by atoms with Gasteiger partial charge in [-0.25, -0.2) is 9.78 Å². The molecule has 0 radical (unpaired) electrons. The van der Waals surface area contributed by atoms with E-state index in [2.05, 4.69) is 16.8 Å². The van der Waals surface area contributed by atoms with Crippen LogP contribution >= 0.6 is 0 Å². The van der Waals surface area contributed by atoms with Gasteiger partial charge in [0.15, 0.2) is 0 Å². The zero-order valence-electron chi connectivity index (χ0n) is 13.8. The molecule has 2 N–H and O–H groups in total. The van der Waals surface area contributed by atoms with E-state index in [1.165, 1.54) is 0 Å². The molecule has 1 aliphatic heterocycles. The van der Waals surface area contributed by atoms with Gasteiger partial charge in [-0.2, -0.15) is 0 Å². The molecule has 1 unspecified atom stereocenters. The summed E-state index contributed by atoms with van der Waals surface area (Å²) in [6, 6.07) is 4.06. The molecule has 3 atom stereocenters. The highest BCUT2D eigenvalue weighted by molar-refractivity contribution is 5.69. The van der Waals surface area contributed by atoms with Crippen molar-refractivity contribution in [3.8, 4) is 0 Å². The molecule has 122 valence electrons. The molecule has 22 heavy (non-hydrogen) atoms. The molecule has 1 fully saturated rings. The summed E-state index contributed by atoms with van der Waals surface area (Å²) >= 11 is 0. The SMILES string of the molecule is CCC(C)OC(=O)N1C[C@H](C)N(c2ccc(N)nc2)C[C@H]1C. The van der Waals surface area contributed by atoms with E-state index < -0.39 is 0 Å². The highest BCUT2D eigenvalue weighted by Crippen LogP contribution is 2.24. The lowest BCUT2D eigenvalue weighted by Crippen LogP contribution is -2.58. The van der Waals surface area contributed by atoms with Crippen molar-refractivity contribution in [2.45, 2.75) is 52.3 Å². The Kier molecular flexibility index (Phi) is 5.11. The molecule has 0 spiro atoms. The smallest absolute Gasteiger partial charge is 0.410 e. The van der Waals surface area contributed by atoms with Gasteiger partial charge in [0.1, 0.15) is 11.9 Å². The second kappa shape index (κ2) is 6.85. The number of rotatable bonds is 3. The fourth-order valence-corrected chi connectivity index (χ4v) is 2.63. The lowest BCUT2D eigenvalue weighted by atomic mass is 10.1. The highest BCUT2D eigenvalue weighted by Gasteiger charge is 2.33. The predicted octanol–water partition coefficient (Wildman–Crippen LogP) is 2.50. The van der Waals surface area contributed by atoms with E-state index in [0.29, 0.717) is 12.4 Å². The molecule has 6 nitrogen and oxygen atoms in total. The number of aromatic nitrogens is 1. The Morgan fingerprint density at radius 3 is 2.73 bits per heavy atom. The zero-order chi connectivity index (χ0) is 16.3. The second-order valence-corrected chi connectivity index (χ2v) is 6.05. The number of nitrogens with zero attached hydrogens (tertiary/aromatic N) is 3. The van der Waals surface area contributed by atoms with Crippen LogP contribution in [0.4, 0.5) is 16.3 Å². The lowest BCUT2D eigenvalue weighted by Gasteiger charge is -2.44. The third-order valence-electron chi connectivity index (χ3n) is 4.20. The van der Waals surface area contributed by atoms with Gasteiger partial charge >= 0.3 is 6.09 Å². The third kappa shape index (κ3) is 3.61. The molecule has 1 amide bonds. The van der Waals surface area contributed by atoms with Crippen LogP contribution in [0.25, 0.3) is 0 Å².